The van der Waals surface area contributed by atoms with Crippen LogP contribution in [0.15, 0.2) is 36.5 Å². The van der Waals surface area contributed by atoms with E-state index in [1.165, 1.54) is 11.3 Å². The number of hydrogen-bond acceptors (Lipinski definition) is 4. The van der Waals surface area contributed by atoms with Gasteiger partial charge in [0, 0.05) is 23.3 Å². The molecular weight excluding hydrogens is 344 g/mol. The van der Waals surface area contributed by atoms with Crippen molar-refractivity contribution in [1.29, 1.82) is 0 Å². The van der Waals surface area contributed by atoms with Crippen molar-refractivity contribution in [2.45, 2.75) is 26.8 Å². The second-order valence-corrected chi connectivity index (χ2v) is 6.65. The lowest BCUT2D eigenvalue weighted by molar-refractivity contribution is 0.102. The van der Waals surface area contributed by atoms with E-state index in [2.05, 4.69) is 35.3 Å². The van der Waals surface area contributed by atoms with Crippen LogP contribution >= 0.6 is 22.9 Å². The summed E-state index contributed by atoms with van der Waals surface area (Å²) in [7, 11) is 0. The van der Waals surface area contributed by atoms with Crippen LogP contribution in [0.3, 0.4) is 0 Å². The van der Waals surface area contributed by atoms with Crippen LogP contribution < -0.4 is 5.32 Å². The lowest BCUT2D eigenvalue weighted by atomic mass is 10.2. The van der Waals surface area contributed by atoms with Crippen molar-refractivity contribution in [1.82, 2.24) is 14.8 Å². The maximum absolute atomic E-state index is 12.2. The zero-order chi connectivity index (χ0) is 17.1. The smallest absolute Gasteiger partial charge is 0.257 e. The molecule has 0 aliphatic rings. The van der Waals surface area contributed by atoms with Gasteiger partial charge in [0.1, 0.15) is 0 Å². The van der Waals surface area contributed by atoms with Crippen LogP contribution in [-0.4, -0.2) is 20.7 Å². The molecular formula is C17H17ClN4OS. The molecule has 0 unspecified atom stereocenters. The summed E-state index contributed by atoms with van der Waals surface area (Å²) < 4.78 is 1.96. The van der Waals surface area contributed by atoms with Crippen molar-refractivity contribution < 1.29 is 4.79 Å². The molecule has 124 valence electrons. The van der Waals surface area contributed by atoms with Crippen LogP contribution in [0.1, 0.15) is 29.9 Å². The van der Waals surface area contributed by atoms with Gasteiger partial charge in [-0.3, -0.25) is 14.8 Å². The quantitative estimate of drug-likeness (QED) is 0.729. The van der Waals surface area contributed by atoms with Crippen LogP contribution in [0.25, 0.3) is 10.6 Å². The Morgan fingerprint density at radius 1 is 1.29 bits per heavy atom. The van der Waals surface area contributed by atoms with Crippen LogP contribution in [0.4, 0.5) is 5.13 Å². The van der Waals surface area contributed by atoms with Crippen LogP contribution in [0.2, 0.25) is 5.02 Å². The normalized spacial score (nSPS) is 10.8. The Morgan fingerprint density at radius 3 is 2.71 bits per heavy atom. The first-order valence-electron chi connectivity index (χ1n) is 7.70. The molecule has 1 amide bonds. The van der Waals surface area contributed by atoms with Gasteiger partial charge in [0.2, 0.25) is 0 Å². The summed E-state index contributed by atoms with van der Waals surface area (Å²) in [6.45, 7) is 4.93. The molecule has 0 aliphatic heterocycles. The van der Waals surface area contributed by atoms with Gasteiger partial charge in [0.05, 0.1) is 16.3 Å². The van der Waals surface area contributed by atoms with Crippen LogP contribution in [0, 0.1) is 0 Å². The number of amides is 1. The van der Waals surface area contributed by atoms with Gasteiger partial charge < -0.3 is 0 Å². The Bertz CT molecular complexity index is 854. The summed E-state index contributed by atoms with van der Waals surface area (Å²) in [6, 6.07) is 8.82. The molecule has 0 aliphatic carbocycles. The SMILES string of the molecule is CCc1cc(-c2cnc(NC(=O)c3ccc(Cl)cc3)s2)n(CC)n1. The number of nitrogens with one attached hydrogen (secondary N) is 1. The van der Waals surface area contributed by atoms with E-state index in [0.717, 1.165) is 29.2 Å². The van der Waals surface area contributed by atoms with Gasteiger partial charge in [0.15, 0.2) is 5.13 Å². The number of aromatic nitrogens is 3. The number of carbonyl (C=O) groups excluding carboxylic acids is 1. The predicted octanol–water partition coefficient (Wildman–Crippen LogP) is 4.49. The average Bonchev–Trinajstić information content (AvgIpc) is 3.21. The molecule has 0 fully saturated rings. The summed E-state index contributed by atoms with van der Waals surface area (Å²) in [5, 5.41) is 8.53. The molecule has 2 aromatic heterocycles. The molecule has 0 bridgehead atoms. The minimum Gasteiger partial charge on any atom is -0.298 e. The lowest BCUT2D eigenvalue weighted by Crippen LogP contribution is -2.11. The predicted molar refractivity (Wildman–Crippen MR) is 97.8 cm³/mol. The van der Waals surface area contributed by atoms with Crippen molar-refractivity contribution in [3.63, 3.8) is 0 Å². The van der Waals surface area contributed by atoms with E-state index in [1.54, 1.807) is 30.5 Å². The van der Waals surface area contributed by atoms with E-state index < -0.39 is 0 Å². The van der Waals surface area contributed by atoms with Gasteiger partial charge in [-0.2, -0.15) is 5.10 Å². The zero-order valence-electron chi connectivity index (χ0n) is 13.4. The first-order valence-corrected chi connectivity index (χ1v) is 8.90. The van der Waals surface area contributed by atoms with Gasteiger partial charge in [-0.05, 0) is 43.7 Å². The second kappa shape index (κ2) is 7.15. The van der Waals surface area contributed by atoms with Gasteiger partial charge >= 0.3 is 0 Å². The van der Waals surface area contributed by atoms with E-state index >= 15 is 0 Å². The number of hydrogen-bond donors (Lipinski definition) is 1. The number of thiazole rings is 1. The van der Waals surface area contributed by atoms with E-state index in [4.69, 9.17) is 11.6 Å². The first-order chi connectivity index (χ1) is 11.6. The molecule has 5 nitrogen and oxygen atoms in total. The molecule has 3 rings (SSSR count). The Morgan fingerprint density at radius 2 is 2.04 bits per heavy atom. The first kappa shape index (κ1) is 16.7. The number of halogens is 1. The lowest BCUT2D eigenvalue weighted by Gasteiger charge is -2.02. The fourth-order valence-electron chi connectivity index (χ4n) is 2.30. The van der Waals surface area contributed by atoms with Crippen molar-refractivity contribution in [2.75, 3.05) is 5.32 Å². The van der Waals surface area contributed by atoms with Crippen molar-refractivity contribution in [3.8, 4) is 10.6 Å². The van der Waals surface area contributed by atoms with Gasteiger partial charge in [-0.15, -0.1) is 0 Å². The number of aryl methyl sites for hydroxylation is 2. The molecule has 7 heteroatoms. The average molecular weight is 361 g/mol. The fraction of sp³-hybridized carbons (Fsp3) is 0.235. The molecule has 1 N–H and O–H groups in total. The summed E-state index contributed by atoms with van der Waals surface area (Å²) >= 11 is 7.28. The summed E-state index contributed by atoms with van der Waals surface area (Å²) in [5.74, 6) is -0.203. The highest BCUT2D eigenvalue weighted by Crippen LogP contribution is 2.30. The summed E-state index contributed by atoms with van der Waals surface area (Å²) in [5.41, 5.74) is 2.62. The van der Waals surface area contributed by atoms with Gasteiger partial charge in [-0.1, -0.05) is 29.9 Å². The zero-order valence-corrected chi connectivity index (χ0v) is 15.0. The molecule has 1 aromatic carbocycles. The Hall–Kier alpha value is -2.18. The number of benzene rings is 1. The minimum absolute atomic E-state index is 0.203. The Labute approximate surface area is 149 Å². The van der Waals surface area contributed by atoms with Crippen molar-refractivity contribution >= 4 is 34.0 Å². The molecule has 0 saturated carbocycles. The fourth-order valence-corrected chi connectivity index (χ4v) is 3.26. The van der Waals surface area contributed by atoms with E-state index in [1.807, 2.05) is 4.68 Å². The molecule has 2 heterocycles. The van der Waals surface area contributed by atoms with Crippen LogP contribution in [0.5, 0.6) is 0 Å². The minimum atomic E-state index is -0.203. The Balaban J connectivity index is 1.79. The third-order valence-electron chi connectivity index (χ3n) is 3.58. The van der Waals surface area contributed by atoms with Crippen LogP contribution in [-0.2, 0) is 13.0 Å². The highest BCUT2D eigenvalue weighted by Gasteiger charge is 2.13. The molecule has 0 atom stereocenters. The number of anilines is 1. The van der Waals surface area contributed by atoms with E-state index in [0.29, 0.717) is 15.7 Å². The molecule has 0 radical (unpaired) electrons. The molecule has 0 saturated heterocycles. The monoisotopic (exact) mass is 360 g/mol. The maximum atomic E-state index is 12.2. The molecule has 0 spiro atoms. The summed E-state index contributed by atoms with van der Waals surface area (Å²) in [6.07, 6.45) is 2.66. The highest BCUT2D eigenvalue weighted by atomic mass is 35.5. The Kier molecular flexibility index (Phi) is 4.97. The third-order valence-corrected chi connectivity index (χ3v) is 4.76. The number of nitrogens with zero attached hydrogens (tertiary/aromatic N) is 3. The third kappa shape index (κ3) is 3.49. The van der Waals surface area contributed by atoms with E-state index in [-0.39, 0.29) is 5.91 Å². The number of carbonyl (C=O) groups is 1. The maximum Gasteiger partial charge on any atom is 0.257 e. The van der Waals surface area contributed by atoms with E-state index in [9.17, 15) is 4.79 Å². The topological polar surface area (TPSA) is 59.8 Å². The van der Waals surface area contributed by atoms with Gasteiger partial charge in [-0.25, -0.2) is 4.98 Å². The molecule has 24 heavy (non-hydrogen) atoms. The van der Waals surface area contributed by atoms with Crippen molar-refractivity contribution in [3.05, 3.63) is 52.8 Å². The standard InChI is InChI=1S/C17H17ClN4OS/c1-3-13-9-14(22(4-2)21-13)15-10-19-17(24-15)20-16(23)11-5-7-12(18)8-6-11/h5-10H,3-4H2,1-2H3,(H,19,20,23). The molecule has 3 aromatic rings. The van der Waals surface area contributed by atoms with Crippen molar-refractivity contribution in [2.24, 2.45) is 0 Å². The largest absolute Gasteiger partial charge is 0.298 e. The highest BCUT2D eigenvalue weighted by molar-refractivity contribution is 7.19. The summed E-state index contributed by atoms with van der Waals surface area (Å²) in [4.78, 5) is 17.5. The van der Waals surface area contributed by atoms with Gasteiger partial charge in [0.25, 0.3) is 5.91 Å². The second-order valence-electron chi connectivity index (χ2n) is 5.18. The number of rotatable bonds is 5.